The highest BCUT2D eigenvalue weighted by Crippen LogP contribution is 2.37. The summed E-state index contributed by atoms with van der Waals surface area (Å²) >= 11 is 0. The Balaban J connectivity index is 1.54. The number of amides is 1. The molecule has 0 bridgehead atoms. The molecule has 6 nitrogen and oxygen atoms in total. The van der Waals surface area contributed by atoms with E-state index in [0.717, 1.165) is 16.6 Å². The first-order valence-corrected chi connectivity index (χ1v) is 10.1. The summed E-state index contributed by atoms with van der Waals surface area (Å²) in [6, 6.07) is 21.1. The molecule has 1 amide bonds. The molecule has 31 heavy (non-hydrogen) atoms. The Morgan fingerprint density at radius 1 is 0.968 bits per heavy atom. The highest BCUT2D eigenvalue weighted by Gasteiger charge is 2.26. The summed E-state index contributed by atoms with van der Waals surface area (Å²) < 4.78 is 11.2. The Bertz CT molecular complexity index is 1240. The van der Waals surface area contributed by atoms with Crippen LogP contribution in [0.2, 0.25) is 0 Å². The topological polar surface area (TPSA) is 64.6 Å². The lowest BCUT2D eigenvalue weighted by Gasteiger charge is -2.30. The van der Waals surface area contributed by atoms with Gasteiger partial charge in [0.15, 0.2) is 11.5 Å². The van der Waals surface area contributed by atoms with Crippen LogP contribution in [0.4, 0.5) is 0 Å². The molecule has 6 heteroatoms. The summed E-state index contributed by atoms with van der Waals surface area (Å²) in [5, 5.41) is 0. The molecule has 1 aromatic heterocycles. The van der Waals surface area contributed by atoms with Crippen molar-refractivity contribution in [3.05, 3.63) is 95.8 Å². The second-order valence-corrected chi connectivity index (χ2v) is 7.43. The maximum Gasteiger partial charge on any atom is 0.254 e. The number of hydrogen-bond acceptors (Lipinski definition) is 5. The third-order valence-electron chi connectivity index (χ3n) is 5.55. The molecule has 4 aromatic rings. The molecule has 0 aliphatic carbocycles. The number of para-hydroxylation sites is 1. The fourth-order valence-electron chi connectivity index (χ4n) is 3.86. The van der Waals surface area contributed by atoms with Gasteiger partial charge in [0.25, 0.3) is 5.91 Å². The molecule has 154 valence electrons. The van der Waals surface area contributed by atoms with E-state index in [2.05, 4.69) is 9.97 Å². The number of carbonyl (C=O) groups excluding carboxylic acids is 1. The Morgan fingerprint density at radius 3 is 2.61 bits per heavy atom. The second-order valence-electron chi connectivity index (χ2n) is 7.43. The van der Waals surface area contributed by atoms with Crippen LogP contribution in [0, 0.1) is 0 Å². The second kappa shape index (κ2) is 8.07. The van der Waals surface area contributed by atoms with Gasteiger partial charge in [-0.1, -0.05) is 42.5 Å². The molecule has 0 radical (unpaired) electrons. The van der Waals surface area contributed by atoms with Gasteiger partial charge in [0.05, 0.1) is 23.6 Å². The first-order valence-electron chi connectivity index (χ1n) is 10.1. The van der Waals surface area contributed by atoms with Crippen molar-refractivity contribution in [2.24, 2.45) is 0 Å². The van der Waals surface area contributed by atoms with Crippen molar-refractivity contribution < 1.29 is 14.3 Å². The number of benzene rings is 3. The number of rotatable bonds is 5. The van der Waals surface area contributed by atoms with Crippen LogP contribution in [0.5, 0.6) is 11.5 Å². The van der Waals surface area contributed by atoms with Gasteiger partial charge in [-0.15, -0.1) is 0 Å². The van der Waals surface area contributed by atoms with Crippen molar-refractivity contribution in [1.29, 1.82) is 0 Å². The molecular weight excluding hydrogens is 390 g/mol. The van der Waals surface area contributed by atoms with Crippen LogP contribution in [0.25, 0.3) is 11.0 Å². The highest BCUT2D eigenvalue weighted by molar-refractivity contribution is 5.97. The molecule has 0 saturated heterocycles. The summed E-state index contributed by atoms with van der Waals surface area (Å²) in [7, 11) is 0. The van der Waals surface area contributed by atoms with Crippen LogP contribution < -0.4 is 9.47 Å². The van der Waals surface area contributed by atoms with Crippen LogP contribution in [-0.4, -0.2) is 27.6 Å². The van der Waals surface area contributed by atoms with Crippen molar-refractivity contribution in [2.75, 3.05) is 6.79 Å². The average Bonchev–Trinajstić information content (AvgIpc) is 3.32. The zero-order chi connectivity index (χ0) is 21.2. The largest absolute Gasteiger partial charge is 0.454 e. The highest BCUT2D eigenvalue weighted by atomic mass is 16.7. The number of aromatic nitrogens is 2. The first kappa shape index (κ1) is 19.1. The van der Waals surface area contributed by atoms with Gasteiger partial charge in [-0.2, -0.15) is 0 Å². The fourth-order valence-corrected chi connectivity index (χ4v) is 3.86. The predicted molar refractivity (Wildman–Crippen MR) is 117 cm³/mol. The molecular formula is C25H21N3O3. The maximum atomic E-state index is 13.7. The molecule has 5 rings (SSSR count). The average molecular weight is 411 g/mol. The quantitative estimate of drug-likeness (QED) is 0.474. The van der Waals surface area contributed by atoms with E-state index in [4.69, 9.17) is 9.47 Å². The van der Waals surface area contributed by atoms with Crippen molar-refractivity contribution in [2.45, 2.75) is 19.5 Å². The fraction of sp³-hybridized carbons (Fsp3) is 0.160. The van der Waals surface area contributed by atoms with E-state index in [0.29, 0.717) is 29.1 Å². The lowest BCUT2D eigenvalue weighted by molar-refractivity contribution is 0.0672. The van der Waals surface area contributed by atoms with Crippen LogP contribution >= 0.6 is 0 Å². The smallest absolute Gasteiger partial charge is 0.254 e. The Hall–Kier alpha value is -3.93. The predicted octanol–water partition coefficient (Wildman–Crippen LogP) is 4.76. The molecule has 0 saturated carbocycles. The summed E-state index contributed by atoms with van der Waals surface area (Å²) in [4.78, 5) is 24.2. The Labute approximate surface area is 180 Å². The molecule has 0 unspecified atom stereocenters. The van der Waals surface area contributed by atoms with Crippen LogP contribution in [0.1, 0.15) is 34.5 Å². The zero-order valence-electron chi connectivity index (χ0n) is 17.1. The maximum absolute atomic E-state index is 13.7. The van der Waals surface area contributed by atoms with Gasteiger partial charge in [-0.3, -0.25) is 14.8 Å². The van der Waals surface area contributed by atoms with E-state index in [1.54, 1.807) is 24.5 Å². The Kier molecular flexibility index (Phi) is 4.96. The lowest BCUT2D eigenvalue weighted by atomic mass is 10.0. The number of hydrogen-bond donors (Lipinski definition) is 0. The molecule has 0 N–H and O–H groups in total. The minimum atomic E-state index is -0.149. The standard InChI is InChI=1S/C25H21N3O3/c1-17(18-6-3-2-4-7-18)28(15-20-8-5-9-23-24(20)31-16-30-23)25(29)19-10-11-21-22(14-19)27-13-12-26-21/h2-14,17H,15-16H2,1H3/t17-/m0/s1. The van der Waals surface area contributed by atoms with Crippen molar-refractivity contribution in [3.63, 3.8) is 0 Å². The summed E-state index contributed by atoms with van der Waals surface area (Å²) in [5.41, 5.74) is 3.99. The molecule has 1 aliphatic rings. The minimum absolute atomic E-state index is 0.0829. The first-order chi connectivity index (χ1) is 15.2. The van der Waals surface area contributed by atoms with E-state index >= 15 is 0 Å². The summed E-state index contributed by atoms with van der Waals surface area (Å²) in [5.74, 6) is 1.32. The van der Waals surface area contributed by atoms with Gasteiger partial charge >= 0.3 is 0 Å². The van der Waals surface area contributed by atoms with E-state index in [-0.39, 0.29) is 18.7 Å². The van der Waals surface area contributed by atoms with E-state index < -0.39 is 0 Å². The van der Waals surface area contributed by atoms with Crippen molar-refractivity contribution in [3.8, 4) is 11.5 Å². The van der Waals surface area contributed by atoms with Gasteiger partial charge in [0.1, 0.15) is 0 Å². The third-order valence-corrected chi connectivity index (χ3v) is 5.55. The van der Waals surface area contributed by atoms with E-state index in [9.17, 15) is 4.79 Å². The van der Waals surface area contributed by atoms with Gasteiger partial charge in [-0.25, -0.2) is 0 Å². The van der Waals surface area contributed by atoms with Crippen LogP contribution in [0.15, 0.2) is 79.1 Å². The Morgan fingerprint density at radius 2 is 1.77 bits per heavy atom. The van der Waals surface area contributed by atoms with Crippen LogP contribution in [-0.2, 0) is 6.54 Å². The molecule has 0 spiro atoms. The normalized spacial score (nSPS) is 13.2. The number of ether oxygens (including phenoxy) is 2. The van der Waals surface area contributed by atoms with Gasteiger partial charge in [0.2, 0.25) is 6.79 Å². The van der Waals surface area contributed by atoms with Crippen molar-refractivity contribution in [1.82, 2.24) is 14.9 Å². The van der Waals surface area contributed by atoms with Gasteiger partial charge < -0.3 is 14.4 Å². The molecule has 1 atom stereocenters. The molecule has 2 heterocycles. The van der Waals surface area contributed by atoms with Crippen molar-refractivity contribution >= 4 is 16.9 Å². The number of nitrogens with zero attached hydrogens (tertiary/aromatic N) is 3. The SMILES string of the molecule is C[C@@H](c1ccccc1)N(Cc1cccc2c1OCO2)C(=O)c1ccc2nccnc2c1. The van der Waals surface area contributed by atoms with Gasteiger partial charge in [0, 0.05) is 23.5 Å². The minimum Gasteiger partial charge on any atom is -0.454 e. The summed E-state index contributed by atoms with van der Waals surface area (Å²) in [6.07, 6.45) is 3.28. The van der Waals surface area contributed by atoms with E-state index in [1.165, 1.54) is 0 Å². The molecule has 3 aromatic carbocycles. The van der Waals surface area contributed by atoms with E-state index in [1.807, 2.05) is 66.4 Å². The van der Waals surface area contributed by atoms with Crippen LogP contribution in [0.3, 0.4) is 0 Å². The molecule has 0 fully saturated rings. The van der Waals surface area contributed by atoms with Gasteiger partial charge in [-0.05, 0) is 36.8 Å². The monoisotopic (exact) mass is 411 g/mol. The summed E-state index contributed by atoms with van der Waals surface area (Å²) in [6.45, 7) is 2.62. The number of carbonyl (C=O) groups is 1. The third kappa shape index (κ3) is 3.68. The molecule has 1 aliphatic heterocycles. The number of fused-ring (bicyclic) bond motifs is 2. The zero-order valence-corrected chi connectivity index (χ0v) is 17.1. The lowest BCUT2D eigenvalue weighted by Crippen LogP contribution is -2.33.